The van der Waals surface area contributed by atoms with E-state index in [1.165, 1.54) is 12.3 Å². The normalized spacial score (nSPS) is 12.6. The number of rotatable bonds is 10. The van der Waals surface area contributed by atoms with E-state index in [4.69, 9.17) is 9.15 Å². The number of carbonyl (C=O) groups is 1. The first kappa shape index (κ1) is 25.3. The van der Waals surface area contributed by atoms with Crippen molar-refractivity contribution in [1.82, 2.24) is 15.2 Å². The molecule has 2 aromatic carbocycles. The van der Waals surface area contributed by atoms with Crippen molar-refractivity contribution in [2.45, 2.75) is 52.1 Å². The van der Waals surface area contributed by atoms with Gasteiger partial charge in [-0.2, -0.15) is 13.2 Å². The summed E-state index contributed by atoms with van der Waals surface area (Å²) < 4.78 is 50.5. The van der Waals surface area contributed by atoms with Gasteiger partial charge in [0, 0.05) is 24.7 Å². The molecule has 182 valence electrons. The molecule has 0 radical (unpaired) electrons. The number of nitrogens with one attached hydrogen (secondary N) is 1. The molecule has 0 aliphatic rings. The zero-order chi connectivity index (χ0) is 24.7. The topological polar surface area (TPSA) is 67.6 Å². The summed E-state index contributed by atoms with van der Waals surface area (Å²) >= 11 is 0. The van der Waals surface area contributed by atoms with E-state index < -0.39 is 11.7 Å². The van der Waals surface area contributed by atoms with Gasteiger partial charge >= 0.3 is 6.18 Å². The minimum absolute atomic E-state index is 0.00407. The molecule has 9 heteroatoms. The molecule has 34 heavy (non-hydrogen) atoms. The maximum Gasteiger partial charge on any atom is 0.416 e. The lowest BCUT2D eigenvalue weighted by atomic mass is 10.1. The summed E-state index contributed by atoms with van der Waals surface area (Å²) in [7, 11) is 1.56. The maximum atomic E-state index is 13.2. The number of carbonyl (C=O) groups excluding carboxylic acids is 1. The van der Waals surface area contributed by atoms with Gasteiger partial charge in [-0.1, -0.05) is 43.3 Å². The van der Waals surface area contributed by atoms with Gasteiger partial charge in [0.15, 0.2) is 5.69 Å². The molecule has 0 spiro atoms. The Balaban J connectivity index is 1.83. The summed E-state index contributed by atoms with van der Waals surface area (Å²) in [6.07, 6.45) is -2.36. The third-order valence-electron chi connectivity index (χ3n) is 5.38. The molecule has 0 unspecified atom stereocenters. The van der Waals surface area contributed by atoms with Gasteiger partial charge in [0.25, 0.3) is 5.91 Å². The molecule has 1 aromatic heterocycles. The molecule has 3 rings (SSSR count). The third kappa shape index (κ3) is 6.84. The second kappa shape index (κ2) is 11.2. The van der Waals surface area contributed by atoms with E-state index >= 15 is 0 Å². The molecule has 0 aliphatic carbocycles. The van der Waals surface area contributed by atoms with E-state index in [0.717, 1.165) is 24.1 Å². The first-order chi connectivity index (χ1) is 16.2. The number of methoxy groups -OCH3 is 1. The number of oxazole rings is 1. The fraction of sp³-hybridized carbons (Fsp3) is 0.360. The van der Waals surface area contributed by atoms with E-state index in [1.807, 2.05) is 43.0 Å². The predicted molar refractivity (Wildman–Crippen MR) is 121 cm³/mol. The van der Waals surface area contributed by atoms with E-state index in [0.29, 0.717) is 17.9 Å². The third-order valence-corrected chi connectivity index (χ3v) is 5.38. The molecule has 3 aromatic rings. The van der Waals surface area contributed by atoms with E-state index in [9.17, 15) is 18.0 Å². The Labute approximate surface area is 196 Å². The number of amides is 1. The Kier molecular flexibility index (Phi) is 8.33. The second-order valence-electron chi connectivity index (χ2n) is 8.06. The molecule has 0 fully saturated rings. The largest absolute Gasteiger partial charge is 0.496 e. The SMILES string of the molecule is CC[C@@H](C)NC(=O)c1coc(CN(Cc2cccc(C(F)(F)F)c2)Cc2ccccc2OC)n1. The molecule has 0 aliphatic heterocycles. The van der Waals surface area contributed by atoms with Crippen LogP contribution in [-0.4, -0.2) is 28.9 Å². The Bertz CT molecular complexity index is 1100. The van der Waals surface area contributed by atoms with Crippen molar-refractivity contribution in [3.63, 3.8) is 0 Å². The highest BCUT2D eigenvalue weighted by atomic mass is 19.4. The summed E-state index contributed by atoms with van der Waals surface area (Å²) in [5.41, 5.74) is 0.804. The number of nitrogens with zero attached hydrogens (tertiary/aromatic N) is 2. The van der Waals surface area contributed by atoms with Gasteiger partial charge in [-0.3, -0.25) is 9.69 Å². The number of halogens is 3. The lowest BCUT2D eigenvalue weighted by Crippen LogP contribution is -2.32. The summed E-state index contributed by atoms with van der Waals surface area (Å²) in [4.78, 5) is 18.5. The van der Waals surface area contributed by atoms with Crippen LogP contribution in [0.1, 0.15) is 53.3 Å². The molecule has 1 heterocycles. The quantitative estimate of drug-likeness (QED) is 0.423. The minimum Gasteiger partial charge on any atom is -0.496 e. The molecule has 1 N–H and O–H groups in total. The van der Waals surface area contributed by atoms with Crippen LogP contribution < -0.4 is 10.1 Å². The van der Waals surface area contributed by atoms with Crippen molar-refractivity contribution in [3.05, 3.63) is 83.1 Å². The van der Waals surface area contributed by atoms with E-state index in [-0.39, 0.29) is 36.6 Å². The number of hydrogen-bond donors (Lipinski definition) is 1. The maximum absolute atomic E-state index is 13.2. The number of ether oxygens (including phenoxy) is 1. The molecule has 1 amide bonds. The lowest BCUT2D eigenvalue weighted by molar-refractivity contribution is -0.137. The summed E-state index contributed by atoms with van der Waals surface area (Å²) in [6, 6.07) is 12.6. The fourth-order valence-electron chi connectivity index (χ4n) is 3.43. The van der Waals surface area contributed by atoms with Crippen LogP contribution in [0.3, 0.4) is 0 Å². The van der Waals surface area contributed by atoms with Crippen LogP contribution in [0.15, 0.2) is 59.2 Å². The van der Waals surface area contributed by atoms with Gasteiger partial charge < -0.3 is 14.5 Å². The smallest absolute Gasteiger partial charge is 0.416 e. The highest BCUT2D eigenvalue weighted by Crippen LogP contribution is 2.30. The lowest BCUT2D eigenvalue weighted by Gasteiger charge is -2.22. The highest BCUT2D eigenvalue weighted by Gasteiger charge is 2.30. The van der Waals surface area contributed by atoms with Crippen LogP contribution >= 0.6 is 0 Å². The monoisotopic (exact) mass is 475 g/mol. The number of alkyl halides is 3. The molecular formula is C25H28F3N3O3. The molecular weight excluding hydrogens is 447 g/mol. The van der Waals surface area contributed by atoms with Crippen molar-refractivity contribution in [2.24, 2.45) is 0 Å². The molecule has 0 bridgehead atoms. The van der Waals surface area contributed by atoms with Crippen molar-refractivity contribution in [2.75, 3.05) is 7.11 Å². The number of benzene rings is 2. The van der Waals surface area contributed by atoms with Crippen molar-refractivity contribution in [3.8, 4) is 5.75 Å². The van der Waals surface area contributed by atoms with Crippen LogP contribution in [-0.2, 0) is 25.8 Å². The number of aromatic nitrogens is 1. The van der Waals surface area contributed by atoms with Gasteiger partial charge in [-0.15, -0.1) is 0 Å². The van der Waals surface area contributed by atoms with Gasteiger partial charge in [-0.25, -0.2) is 4.98 Å². The molecule has 0 saturated carbocycles. The van der Waals surface area contributed by atoms with Crippen LogP contribution in [0.5, 0.6) is 5.75 Å². The zero-order valence-electron chi connectivity index (χ0n) is 19.4. The van der Waals surface area contributed by atoms with Crippen molar-refractivity contribution in [1.29, 1.82) is 0 Å². The highest BCUT2D eigenvalue weighted by molar-refractivity contribution is 5.92. The van der Waals surface area contributed by atoms with Crippen LogP contribution in [0.25, 0.3) is 0 Å². The van der Waals surface area contributed by atoms with Gasteiger partial charge in [0.05, 0.1) is 19.2 Å². The Hall–Kier alpha value is -3.33. The number of para-hydroxylation sites is 1. The van der Waals surface area contributed by atoms with E-state index in [1.54, 1.807) is 13.2 Å². The Morgan fingerprint density at radius 3 is 2.62 bits per heavy atom. The van der Waals surface area contributed by atoms with Gasteiger partial charge in [0.2, 0.25) is 5.89 Å². The predicted octanol–water partition coefficient (Wildman–Crippen LogP) is 5.43. The molecule has 6 nitrogen and oxygen atoms in total. The molecule has 1 atom stereocenters. The average Bonchev–Trinajstić information content (AvgIpc) is 3.27. The zero-order valence-corrected chi connectivity index (χ0v) is 19.4. The van der Waals surface area contributed by atoms with Crippen molar-refractivity contribution >= 4 is 5.91 Å². The Morgan fingerprint density at radius 2 is 1.91 bits per heavy atom. The fourth-order valence-corrected chi connectivity index (χ4v) is 3.43. The summed E-state index contributed by atoms with van der Waals surface area (Å²) in [5.74, 6) is 0.618. The molecule has 0 saturated heterocycles. The summed E-state index contributed by atoms with van der Waals surface area (Å²) in [5, 5.41) is 2.83. The van der Waals surface area contributed by atoms with Gasteiger partial charge in [-0.05, 0) is 31.0 Å². The van der Waals surface area contributed by atoms with Crippen LogP contribution in [0.2, 0.25) is 0 Å². The first-order valence-corrected chi connectivity index (χ1v) is 10.9. The van der Waals surface area contributed by atoms with Gasteiger partial charge in [0.1, 0.15) is 12.0 Å². The minimum atomic E-state index is -4.43. The summed E-state index contributed by atoms with van der Waals surface area (Å²) in [6.45, 7) is 4.62. The van der Waals surface area contributed by atoms with Crippen LogP contribution in [0, 0.1) is 0 Å². The van der Waals surface area contributed by atoms with Crippen molar-refractivity contribution < 1.29 is 27.1 Å². The number of hydrogen-bond acceptors (Lipinski definition) is 5. The van der Waals surface area contributed by atoms with E-state index in [2.05, 4.69) is 10.3 Å². The van der Waals surface area contributed by atoms with Crippen LogP contribution in [0.4, 0.5) is 13.2 Å². The first-order valence-electron chi connectivity index (χ1n) is 10.9. The second-order valence-corrected chi connectivity index (χ2v) is 8.06. The standard InChI is InChI=1S/C25H28F3N3O3/c1-4-17(2)29-24(32)21-16-34-23(30-21)15-31(14-19-9-5-6-11-22(19)33-3)13-18-8-7-10-20(12-18)25(26,27)28/h5-12,16-17H,4,13-15H2,1-3H3,(H,29,32)/t17-/m1/s1. The average molecular weight is 476 g/mol. The Morgan fingerprint density at radius 1 is 1.15 bits per heavy atom.